The molecule has 0 unspecified atom stereocenters. The molecule has 1 saturated heterocycles. The van der Waals surface area contributed by atoms with Gasteiger partial charge in [0, 0.05) is 56.7 Å². The maximum Gasteiger partial charge on any atom is 0.251 e. The van der Waals surface area contributed by atoms with Crippen LogP contribution in [0.1, 0.15) is 16.8 Å². The van der Waals surface area contributed by atoms with E-state index in [0.717, 1.165) is 63.3 Å². The quantitative estimate of drug-likeness (QED) is 0.794. The van der Waals surface area contributed by atoms with Crippen LogP contribution in [0.5, 0.6) is 0 Å². The Morgan fingerprint density at radius 3 is 2.35 bits per heavy atom. The van der Waals surface area contributed by atoms with E-state index in [2.05, 4.69) is 25.1 Å². The van der Waals surface area contributed by atoms with Crippen molar-refractivity contribution in [3.8, 4) is 0 Å². The van der Waals surface area contributed by atoms with Crippen molar-refractivity contribution < 1.29 is 13.6 Å². The molecule has 1 aliphatic rings. The van der Waals surface area contributed by atoms with Gasteiger partial charge in [0.15, 0.2) is 0 Å². The average Bonchev–Trinajstić information content (AvgIpc) is 2.65. The third kappa shape index (κ3) is 4.95. The van der Waals surface area contributed by atoms with Crippen LogP contribution in [0, 0.1) is 11.6 Å². The van der Waals surface area contributed by atoms with E-state index in [0.29, 0.717) is 6.54 Å². The third-order valence-electron chi connectivity index (χ3n) is 4.27. The highest BCUT2D eigenvalue weighted by atomic mass is 19.1. The Morgan fingerprint density at radius 2 is 1.69 bits per heavy atom. The number of anilines is 1. The first-order valence-electron chi connectivity index (χ1n) is 8.60. The van der Waals surface area contributed by atoms with Gasteiger partial charge in [0.05, 0.1) is 0 Å². The zero-order valence-electron chi connectivity index (χ0n) is 14.4. The molecule has 0 aliphatic carbocycles. The number of amides is 1. The fourth-order valence-corrected chi connectivity index (χ4v) is 2.92. The van der Waals surface area contributed by atoms with E-state index in [4.69, 9.17) is 0 Å². The molecule has 2 aromatic rings. The van der Waals surface area contributed by atoms with Gasteiger partial charge in [-0.05, 0) is 31.2 Å². The van der Waals surface area contributed by atoms with Gasteiger partial charge >= 0.3 is 0 Å². The van der Waals surface area contributed by atoms with Crippen molar-refractivity contribution in [3.05, 3.63) is 53.9 Å². The van der Waals surface area contributed by atoms with Crippen molar-refractivity contribution in [2.75, 3.05) is 44.2 Å². The molecular weight excluding hydrogens is 340 g/mol. The van der Waals surface area contributed by atoms with E-state index in [1.54, 1.807) is 18.5 Å². The Hall–Kier alpha value is -2.61. The van der Waals surface area contributed by atoms with Gasteiger partial charge in [-0.1, -0.05) is 0 Å². The average molecular weight is 361 g/mol. The van der Waals surface area contributed by atoms with E-state index in [1.165, 1.54) is 0 Å². The summed E-state index contributed by atoms with van der Waals surface area (Å²) in [6.45, 7) is 4.83. The molecular formula is C18H21F2N5O. The van der Waals surface area contributed by atoms with Crippen LogP contribution in [0.15, 0.2) is 36.7 Å². The smallest absolute Gasteiger partial charge is 0.251 e. The number of carbonyl (C=O) groups is 1. The number of aromatic nitrogens is 2. The molecule has 3 rings (SSSR count). The number of hydrogen-bond donors (Lipinski definition) is 1. The van der Waals surface area contributed by atoms with Crippen molar-refractivity contribution in [2.45, 2.75) is 6.42 Å². The lowest BCUT2D eigenvalue weighted by Crippen LogP contribution is -2.47. The first-order valence-corrected chi connectivity index (χ1v) is 8.60. The summed E-state index contributed by atoms with van der Waals surface area (Å²) in [6.07, 6.45) is 4.25. The molecule has 1 amide bonds. The number of nitrogens with zero attached hydrogens (tertiary/aromatic N) is 4. The van der Waals surface area contributed by atoms with Crippen LogP contribution in [-0.2, 0) is 0 Å². The molecule has 2 heterocycles. The van der Waals surface area contributed by atoms with Crippen molar-refractivity contribution >= 4 is 11.9 Å². The summed E-state index contributed by atoms with van der Waals surface area (Å²) >= 11 is 0. The van der Waals surface area contributed by atoms with Gasteiger partial charge in [0.1, 0.15) is 11.6 Å². The number of rotatable bonds is 6. The highest BCUT2D eigenvalue weighted by molar-refractivity contribution is 5.94. The summed E-state index contributed by atoms with van der Waals surface area (Å²) in [4.78, 5) is 24.9. The van der Waals surface area contributed by atoms with Crippen LogP contribution in [0.4, 0.5) is 14.7 Å². The second-order valence-corrected chi connectivity index (χ2v) is 6.15. The van der Waals surface area contributed by atoms with E-state index in [9.17, 15) is 13.6 Å². The standard InChI is InChI=1S/C18H21F2N5O/c19-15-11-14(12-16(20)13-15)17(26)21-5-2-6-24-7-9-25(10-8-24)18-22-3-1-4-23-18/h1,3-4,11-13H,2,5-10H2,(H,21,26). The Labute approximate surface area is 150 Å². The minimum atomic E-state index is -0.754. The summed E-state index contributed by atoms with van der Waals surface area (Å²) < 4.78 is 26.3. The molecule has 6 nitrogen and oxygen atoms in total. The van der Waals surface area contributed by atoms with E-state index >= 15 is 0 Å². The van der Waals surface area contributed by atoms with E-state index in [-0.39, 0.29) is 5.56 Å². The van der Waals surface area contributed by atoms with Crippen molar-refractivity contribution in [1.29, 1.82) is 0 Å². The second kappa shape index (κ2) is 8.66. The molecule has 0 saturated carbocycles. The van der Waals surface area contributed by atoms with Crippen LogP contribution in [0.25, 0.3) is 0 Å². The molecule has 1 aromatic heterocycles. The van der Waals surface area contributed by atoms with Gasteiger partial charge in [-0.2, -0.15) is 0 Å². The van der Waals surface area contributed by atoms with Gasteiger partial charge in [-0.15, -0.1) is 0 Å². The number of benzene rings is 1. The van der Waals surface area contributed by atoms with Crippen LogP contribution < -0.4 is 10.2 Å². The van der Waals surface area contributed by atoms with Crippen molar-refractivity contribution in [2.24, 2.45) is 0 Å². The summed E-state index contributed by atoms with van der Waals surface area (Å²) in [5.74, 6) is -1.22. The fourth-order valence-electron chi connectivity index (χ4n) is 2.92. The minimum absolute atomic E-state index is 0.000949. The molecule has 0 radical (unpaired) electrons. The highest BCUT2D eigenvalue weighted by Gasteiger charge is 2.18. The summed E-state index contributed by atoms with van der Waals surface area (Å²) in [5, 5.41) is 2.70. The monoisotopic (exact) mass is 361 g/mol. The maximum absolute atomic E-state index is 13.1. The molecule has 8 heteroatoms. The Balaban J connectivity index is 1.36. The summed E-state index contributed by atoms with van der Waals surface area (Å²) in [7, 11) is 0. The number of hydrogen-bond acceptors (Lipinski definition) is 5. The number of halogens is 2. The third-order valence-corrected chi connectivity index (χ3v) is 4.27. The number of carbonyl (C=O) groups excluding carboxylic acids is 1. The molecule has 0 spiro atoms. The molecule has 0 atom stereocenters. The largest absolute Gasteiger partial charge is 0.352 e. The summed E-state index contributed by atoms with van der Waals surface area (Å²) in [5.41, 5.74) is -0.000949. The van der Waals surface area contributed by atoms with Gasteiger partial charge in [-0.25, -0.2) is 18.7 Å². The van der Waals surface area contributed by atoms with Crippen LogP contribution in [-0.4, -0.2) is 60.0 Å². The van der Waals surface area contributed by atoms with Gasteiger partial charge < -0.3 is 10.2 Å². The summed E-state index contributed by atoms with van der Waals surface area (Å²) in [6, 6.07) is 4.61. The lowest BCUT2D eigenvalue weighted by atomic mass is 10.2. The molecule has 1 aliphatic heterocycles. The van der Waals surface area contributed by atoms with E-state index in [1.807, 2.05) is 0 Å². The molecule has 1 aromatic carbocycles. The molecule has 26 heavy (non-hydrogen) atoms. The Morgan fingerprint density at radius 1 is 1.04 bits per heavy atom. The molecule has 1 N–H and O–H groups in total. The predicted octanol–water partition coefficient (Wildman–Crippen LogP) is 1.70. The van der Waals surface area contributed by atoms with Gasteiger partial charge in [0.2, 0.25) is 5.95 Å². The zero-order valence-corrected chi connectivity index (χ0v) is 14.4. The first kappa shape index (κ1) is 18.2. The lowest BCUT2D eigenvalue weighted by Gasteiger charge is -2.34. The van der Waals surface area contributed by atoms with Crippen LogP contribution in [0.3, 0.4) is 0 Å². The SMILES string of the molecule is O=C(NCCCN1CCN(c2ncccn2)CC1)c1cc(F)cc(F)c1. The van der Waals surface area contributed by atoms with Gasteiger partial charge in [0.25, 0.3) is 5.91 Å². The maximum atomic E-state index is 13.1. The van der Waals surface area contributed by atoms with Crippen molar-refractivity contribution in [3.63, 3.8) is 0 Å². The fraction of sp³-hybridized carbons (Fsp3) is 0.389. The van der Waals surface area contributed by atoms with Crippen LogP contribution in [0.2, 0.25) is 0 Å². The number of nitrogens with one attached hydrogen (secondary N) is 1. The lowest BCUT2D eigenvalue weighted by molar-refractivity contribution is 0.0950. The molecule has 1 fully saturated rings. The molecule has 138 valence electrons. The highest BCUT2D eigenvalue weighted by Crippen LogP contribution is 2.10. The Bertz CT molecular complexity index is 715. The second-order valence-electron chi connectivity index (χ2n) is 6.15. The predicted molar refractivity (Wildman–Crippen MR) is 94.0 cm³/mol. The van der Waals surface area contributed by atoms with E-state index < -0.39 is 17.5 Å². The van der Waals surface area contributed by atoms with Crippen LogP contribution >= 0.6 is 0 Å². The Kier molecular flexibility index (Phi) is 6.06. The minimum Gasteiger partial charge on any atom is -0.352 e. The first-order chi connectivity index (χ1) is 12.6. The number of piperazine rings is 1. The topological polar surface area (TPSA) is 61.4 Å². The van der Waals surface area contributed by atoms with Gasteiger partial charge in [-0.3, -0.25) is 9.69 Å². The zero-order chi connectivity index (χ0) is 18.4. The normalized spacial score (nSPS) is 15.1. The van der Waals surface area contributed by atoms with Crippen molar-refractivity contribution in [1.82, 2.24) is 20.2 Å². The molecule has 0 bridgehead atoms.